The molecule has 0 saturated heterocycles. The molecule has 3 rings (SSSR count). The first-order valence-corrected chi connectivity index (χ1v) is 7.50. The number of aromatic nitrogens is 1. The van der Waals surface area contributed by atoms with Crippen LogP contribution in [0.25, 0.3) is 22.0 Å². The van der Waals surface area contributed by atoms with Gasteiger partial charge in [-0.2, -0.15) is 0 Å². The molecule has 0 atom stereocenters. The molecular formula is C18H19NO5. The van der Waals surface area contributed by atoms with Gasteiger partial charge in [-0.1, -0.05) is 0 Å². The van der Waals surface area contributed by atoms with E-state index in [1.807, 2.05) is 31.2 Å². The van der Waals surface area contributed by atoms with Crippen LogP contribution in [-0.4, -0.2) is 37.5 Å². The number of rotatable bonds is 6. The van der Waals surface area contributed by atoms with Crippen LogP contribution in [0.4, 0.5) is 0 Å². The smallest absolute Gasteiger partial charge is 0.230 e. The van der Waals surface area contributed by atoms with E-state index in [2.05, 4.69) is 4.98 Å². The largest absolute Gasteiger partial charge is 0.495 e. The van der Waals surface area contributed by atoms with Gasteiger partial charge in [-0.25, -0.2) is 4.98 Å². The molecule has 6 heteroatoms. The summed E-state index contributed by atoms with van der Waals surface area (Å²) in [4.78, 5) is 4.53. The van der Waals surface area contributed by atoms with Crippen molar-refractivity contribution in [3.63, 3.8) is 0 Å². The second-order valence-electron chi connectivity index (χ2n) is 5.30. The lowest BCUT2D eigenvalue weighted by Crippen LogP contribution is -2.00. The van der Waals surface area contributed by atoms with E-state index in [9.17, 15) is 0 Å². The molecule has 2 heterocycles. The van der Waals surface area contributed by atoms with Crippen LogP contribution in [0.2, 0.25) is 0 Å². The van der Waals surface area contributed by atoms with Crippen LogP contribution < -0.4 is 14.2 Å². The minimum Gasteiger partial charge on any atom is -0.495 e. The Balaban J connectivity index is 2.11. The predicted octanol–water partition coefficient (Wildman–Crippen LogP) is 3.32. The lowest BCUT2D eigenvalue weighted by atomic mass is 10.1. The van der Waals surface area contributed by atoms with Crippen molar-refractivity contribution in [1.82, 2.24) is 4.98 Å². The zero-order valence-electron chi connectivity index (χ0n) is 13.8. The summed E-state index contributed by atoms with van der Waals surface area (Å²) in [6.45, 7) is 2.17. The number of hydrogen-bond acceptors (Lipinski definition) is 6. The fourth-order valence-corrected chi connectivity index (χ4v) is 2.52. The molecule has 0 saturated carbocycles. The van der Waals surface area contributed by atoms with Crippen molar-refractivity contribution >= 4 is 22.0 Å². The molecule has 126 valence electrons. The van der Waals surface area contributed by atoms with Gasteiger partial charge in [0.1, 0.15) is 17.9 Å². The number of benzene rings is 1. The fraction of sp³-hybridized carbons (Fsp3) is 0.278. The summed E-state index contributed by atoms with van der Waals surface area (Å²) in [5.41, 5.74) is 1.93. The number of aliphatic hydroxyl groups is 1. The Morgan fingerprint density at radius 3 is 2.67 bits per heavy atom. The molecule has 0 fully saturated rings. The zero-order chi connectivity index (χ0) is 17.1. The lowest BCUT2D eigenvalue weighted by molar-refractivity contribution is 0.317. The summed E-state index contributed by atoms with van der Waals surface area (Å²) in [5.74, 6) is 1.76. The monoisotopic (exact) mass is 329 g/mol. The average Bonchev–Trinajstić information content (AvgIpc) is 3.07. The van der Waals surface area contributed by atoms with Gasteiger partial charge in [0.25, 0.3) is 0 Å². The molecule has 0 aliphatic carbocycles. The van der Waals surface area contributed by atoms with Crippen LogP contribution in [0.3, 0.4) is 0 Å². The number of fused-ring (bicyclic) bond motifs is 2. The Hall–Kier alpha value is -2.73. The topological polar surface area (TPSA) is 74.0 Å². The van der Waals surface area contributed by atoms with Crippen LogP contribution in [0.5, 0.6) is 17.2 Å². The van der Waals surface area contributed by atoms with Crippen molar-refractivity contribution in [2.75, 3.05) is 27.4 Å². The fourth-order valence-electron chi connectivity index (χ4n) is 2.52. The Kier molecular flexibility index (Phi) is 4.57. The van der Waals surface area contributed by atoms with Gasteiger partial charge in [0, 0.05) is 5.39 Å². The highest BCUT2D eigenvalue weighted by Gasteiger charge is 2.18. The second kappa shape index (κ2) is 6.80. The number of methoxy groups -OCH3 is 2. The first-order chi connectivity index (χ1) is 11.7. The van der Waals surface area contributed by atoms with Gasteiger partial charge in [-0.15, -0.1) is 0 Å². The molecule has 0 bridgehead atoms. The maximum absolute atomic E-state index is 9.03. The van der Waals surface area contributed by atoms with Crippen molar-refractivity contribution in [3.05, 3.63) is 36.1 Å². The molecule has 0 spiro atoms. The van der Waals surface area contributed by atoms with Crippen LogP contribution in [0.15, 0.2) is 40.5 Å². The quantitative estimate of drug-likeness (QED) is 0.699. The number of nitrogens with zero attached hydrogens (tertiary/aromatic N) is 1. The number of aliphatic hydroxyl groups excluding tert-OH is 1. The summed E-state index contributed by atoms with van der Waals surface area (Å²) >= 11 is 0. The van der Waals surface area contributed by atoms with Gasteiger partial charge in [0.2, 0.25) is 5.71 Å². The second-order valence-corrected chi connectivity index (χ2v) is 5.30. The maximum atomic E-state index is 9.03. The van der Waals surface area contributed by atoms with Crippen molar-refractivity contribution in [2.45, 2.75) is 6.92 Å². The van der Waals surface area contributed by atoms with Gasteiger partial charge < -0.3 is 23.7 Å². The summed E-state index contributed by atoms with van der Waals surface area (Å²) in [5, 5.41) is 10.7. The van der Waals surface area contributed by atoms with E-state index in [0.29, 0.717) is 35.1 Å². The minimum absolute atomic E-state index is 0.00739. The van der Waals surface area contributed by atoms with Crippen LogP contribution >= 0.6 is 0 Å². The molecule has 3 aromatic rings. The maximum Gasteiger partial charge on any atom is 0.230 e. The van der Waals surface area contributed by atoms with Crippen molar-refractivity contribution in [3.8, 4) is 17.2 Å². The van der Waals surface area contributed by atoms with E-state index in [0.717, 1.165) is 16.3 Å². The molecule has 2 aromatic heterocycles. The van der Waals surface area contributed by atoms with E-state index in [4.69, 9.17) is 23.7 Å². The normalized spacial score (nSPS) is 11.9. The Bertz CT molecular complexity index is 897. The summed E-state index contributed by atoms with van der Waals surface area (Å²) < 4.78 is 22.2. The molecule has 0 aliphatic rings. The van der Waals surface area contributed by atoms with E-state index >= 15 is 0 Å². The minimum atomic E-state index is 0.00739. The standard InChI is InChI=1S/C18H19NO5/c1-11(10-20)6-8-23-14-5-4-12-15(17(14)22-3)19-18-13(7-9-24-18)16(12)21-2/h4-7,9,20H,8,10H2,1-3H3/b11-6+. The number of pyridine rings is 1. The lowest BCUT2D eigenvalue weighted by Gasteiger charge is -2.13. The van der Waals surface area contributed by atoms with Crippen molar-refractivity contribution < 1.29 is 23.7 Å². The van der Waals surface area contributed by atoms with Crippen LogP contribution in [-0.2, 0) is 0 Å². The first-order valence-electron chi connectivity index (χ1n) is 7.50. The molecule has 0 aliphatic heterocycles. The molecule has 0 amide bonds. The Labute approximate surface area is 139 Å². The van der Waals surface area contributed by atoms with Gasteiger partial charge in [0.15, 0.2) is 11.5 Å². The van der Waals surface area contributed by atoms with Crippen molar-refractivity contribution in [1.29, 1.82) is 0 Å². The van der Waals surface area contributed by atoms with E-state index in [1.54, 1.807) is 20.5 Å². The van der Waals surface area contributed by atoms with Crippen molar-refractivity contribution in [2.24, 2.45) is 0 Å². The summed E-state index contributed by atoms with van der Waals surface area (Å²) in [6.07, 6.45) is 3.39. The van der Waals surface area contributed by atoms with Gasteiger partial charge >= 0.3 is 0 Å². The SMILES string of the molecule is COc1c2ccoc2nc2c(OC)c(OC/C=C(\C)CO)ccc12. The molecule has 1 aromatic carbocycles. The first kappa shape index (κ1) is 16.1. The Morgan fingerprint density at radius 1 is 1.17 bits per heavy atom. The predicted molar refractivity (Wildman–Crippen MR) is 91.0 cm³/mol. The van der Waals surface area contributed by atoms with Gasteiger partial charge in [-0.05, 0) is 36.8 Å². The third kappa shape index (κ3) is 2.76. The molecular weight excluding hydrogens is 310 g/mol. The van der Waals surface area contributed by atoms with Crippen LogP contribution in [0, 0.1) is 0 Å². The number of furan rings is 1. The molecule has 6 nitrogen and oxygen atoms in total. The summed E-state index contributed by atoms with van der Waals surface area (Å²) in [7, 11) is 3.18. The third-order valence-corrected chi connectivity index (χ3v) is 3.77. The van der Waals surface area contributed by atoms with Gasteiger partial charge in [-0.3, -0.25) is 0 Å². The van der Waals surface area contributed by atoms with E-state index < -0.39 is 0 Å². The zero-order valence-corrected chi connectivity index (χ0v) is 13.8. The Morgan fingerprint density at radius 2 is 1.96 bits per heavy atom. The highest BCUT2D eigenvalue weighted by atomic mass is 16.5. The average molecular weight is 329 g/mol. The highest BCUT2D eigenvalue weighted by molar-refractivity contribution is 6.02. The van der Waals surface area contributed by atoms with Gasteiger partial charge in [0.05, 0.1) is 32.5 Å². The summed E-state index contributed by atoms with van der Waals surface area (Å²) in [6, 6.07) is 5.52. The molecule has 0 radical (unpaired) electrons. The number of ether oxygens (including phenoxy) is 3. The van der Waals surface area contributed by atoms with Crippen LogP contribution in [0.1, 0.15) is 6.92 Å². The highest BCUT2D eigenvalue weighted by Crippen LogP contribution is 2.41. The molecule has 1 N–H and O–H groups in total. The third-order valence-electron chi connectivity index (χ3n) is 3.77. The number of hydrogen-bond donors (Lipinski definition) is 1. The molecule has 0 unspecified atom stereocenters. The van der Waals surface area contributed by atoms with E-state index in [1.165, 1.54) is 0 Å². The van der Waals surface area contributed by atoms with E-state index in [-0.39, 0.29) is 6.61 Å². The molecule has 24 heavy (non-hydrogen) atoms.